The Morgan fingerprint density at radius 2 is 1.62 bits per heavy atom. The lowest BCUT2D eigenvalue weighted by Gasteiger charge is -2.36. The monoisotopic (exact) mass is 724 g/mol. The van der Waals surface area contributed by atoms with Crippen LogP contribution in [0.15, 0.2) is 91.1 Å². The molecule has 0 aliphatic carbocycles. The van der Waals surface area contributed by atoms with Crippen LogP contribution >= 0.6 is 12.4 Å². The number of anilines is 2. The number of aliphatic carboxylic acids is 1. The Morgan fingerprint density at radius 3 is 2.38 bits per heavy atom. The van der Waals surface area contributed by atoms with Crippen molar-refractivity contribution in [2.75, 3.05) is 56.7 Å². The topological polar surface area (TPSA) is 96.3 Å². The predicted molar refractivity (Wildman–Crippen MR) is 211 cm³/mol. The molecule has 1 aliphatic heterocycles. The van der Waals surface area contributed by atoms with Crippen molar-refractivity contribution in [3.05, 3.63) is 119 Å². The van der Waals surface area contributed by atoms with Gasteiger partial charge in [0, 0.05) is 80.5 Å². The van der Waals surface area contributed by atoms with Gasteiger partial charge in [0.1, 0.15) is 11.5 Å². The van der Waals surface area contributed by atoms with Gasteiger partial charge in [-0.25, -0.2) is 0 Å². The number of nitrogens with zero attached hydrogens (tertiary/aromatic N) is 3. The number of halogens is 1. The van der Waals surface area contributed by atoms with Gasteiger partial charge in [-0.15, -0.1) is 12.4 Å². The minimum Gasteiger partial charge on any atom is -0.495 e. The maximum absolute atomic E-state index is 14.1. The summed E-state index contributed by atoms with van der Waals surface area (Å²) in [5.41, 5.74) is 7.69. The summed E-state index contributed by atoms with van der Waals surface area (Å²) in [6, 6.07) is 28.1. The Labute approximate surface area is 312 Å². The van der Waals surface area contributed by atoms with Crippen molar-refractivity contribution in [3.63, 3.8) is 0 Å². The first-order valence-electron chi connectivity index (χ1n) is 17.8. The number of aryl methyl sites for hydroxylation is 3. The second-order valence-electron chi connectivity index (χ2n) is 13.3. The second-order valence-corrected chi connectivity index (χ2v) is 13.3. The smallest absolute Gasteiger partial charge is 0.303 e. The van der Waals surface area contributed by atoms with Crippen molar-refractivity contribution in [1.82, 2.24) is 9.47 Å². The summed E-state index contributed by atoms with van der Waals surface area (Å²) in [7, 11) is 1.72. The zero-order valence-electron chi connectivity index (χ0n) is 30.3. The van der Waals surface area contributed by atoms with Crippen LogP contribution in [0.1, 0.15) is 51.9 Å². The molecular formula is C42H49ClN4O5. The molecule has 0 unspecified atom stereocenters. The molecule has 2 heterocycles. The van der Waals surface area contributed by atoms with Gasteiger partial charge in [0.15, 0.2) is 5.78 Å². The van der Waals surface area contributed by atoms with E-state index >= 15 is 0 Å². The van der Waals surface area contributed by atoms with Gasteiger partial charge in [0.05, 0.1) is 25.1 Å². The van der Waals surface area contributed by atoms with E-state index in [0.717, 1.165) is 67.2 Å². The minimum absolute atomic E-state index is 0. The van der Waals surface area contributed by atoms with Crippen molar-refractivity contribution >= 4 is 46.4 Å². The number of hydrogen-bond donors (Lipinski definition) is 2. The average molecular weight is 725 g/mol. The fourth-order valence-electron chi connectivity index (χ4n) is 6.91. The third-order valence-corrected chi connectivity index (χ3v) is 9.71. The molecule has 9 nitrogen and oxygen atoms in total. The van der Waals surface area contributed by atoms with Gasteiger partial charge in [-0.05, 0) is 74.2 Å². The summed E-state index contributed by atoms with van der Waals surface area (Å²) in [5.74, 6) is 0.635. The first kappa shape index (κ1) is 38.2. The number of nitrogens with one attached hydrogen (secondary N) is 1. The van der Waals surface area contributed by atoms with Crippen LogP contribution in [0.5, 0.6) is 11.5 Å². The van der Waals surface area contributed by atoms with Gasteiger partial charge < -0.3 is 29.4 Å². The zero-order chi connectivity index (χ0) is 35.7. The number of carbonyl (C=O) groups is 2. The van der Waals surface area contributed by atoms with Crippen LogP contribution in [-0.2, 0) is 17.9 Å². The van der Waals surface area contributed by atoms with Crippen molar-refractivity contribution in [2.45, 2.75) is 46.2 Å². The Kier molecular flexibility index (Phi) is 13.2. The normalized spacial score (nSPS) is 13.1. The van der Waals surface area contributed by atoms with Crippen molar-refractivity contribution in [3.8, 4) is 11.5 Å². The standard InChI is InChI=1S/C42H48N4O5.ClH/c1-30-15-16-33(31(2)26-30)28-43-36-18-17-32(42(49)35-29-46(20-8-14-41(47)48)37-11-5-4-10-34(35)37)27-40(36)51-25-9-19-44-21-23-45(24-22-44)38-12-6-7-13-39(38)50-3;/h4-7,10-13,15-18,26-27,29,43H,8-9,14,19-25,28H2,1-3H3,(H,47,48);1H. The second kappa shape index (κ2) is 18.0. The predicted octanol–water partition coefficient (Wildman–Crippen LogP) is 7.99. The van der Waals surface area contributed by atoms with E-state index in [4.69, 9.17) is 14.6 Å². The number of piperazine rings is 1. The highest BCUT2D eigenvalue weighted by Gasteiger charge is 2.21. The molecule has 0 saturated carbocycles. The highest BCUT2D eigenvalue weighted by molar-refractivity contribution is 6.16. The third kappa shape index (κ3) is 9.26. The van der Waals surface area contributed by atoms with Gasteiger partial charge >= 0.3 is 5.97 Å². The van der Waals surface area contributed by atoms with Crippen molar-refractivity contribution in [1.29, 1.82) is 0 Å². The number of ether oxygens (including phenoxy) is 2. The number of hydrogen-bond acceptors (Lipinski definition) is 7. The molecule has 2 N–H and O–H groups in total. The van der Waals surface area contributed by atoms with Crippen LogP contribution in [0.3, 0.4) is 0 Å². The number of aromatic nitrogens is 1. The highest BCUT2D eigenvalue weighted by atomic mass is 35.5. The lowest BCUT2D eigenvalue weighted by molar-refractivity contribution is -0.137. The maximum Gasteiger partial charge on any atom is 0.303 e. The molecule has 10 heteroatoms. The first-order chi connectivity index (χ1) is 24.8. The molecule has 6 rings (SSSR count). The molecule has 274 valence electrons. The largest absolute Gasteiger partial charge is 0.495 e. The lowest BCUT2D eigenvalue weighted by Crippen LogP contribution is -2.46. The number of carboxylic acid groups (broad SMARTS) is 1. The molecule has 0 bridgehead atoms. The Hall–Kier alpha value is -4.99. The molecule has 0 atom stereocenters. The molecular weight excluding hydrogens is 676 g/mol. The summed E-state index contributed by atoms with van der Waals surface area (Å²) in [4.78, 5) is 30.1. The van der Waals surface area contributed by atoms with E-state index < -0.39 is 5.97 Å². The number of ketones is 1. The number of carbonyl (C=O) groups excluding carboxylic acids is 1. The summed E-state index contributed by atoms with van der Waals surface area (Å²) >= 11 is 0. The Bertz CT molecular complexity index is 1980. The number of carboxylic acids is 1. The average Bonchev–Trinajstić information content (AvgIpc) is 3.51. The van der Waals surface area contributed by atoms with E-state index in [1.807, 2.05) is 65.4 Å². The van der Waals surface area contributed by atoms with E-state index in [2.05, 4.69) is 59.3 Å². The van der Waals surface area contributed by atoms with Crippen molar-refractivity contribution < 1.29 is 24.2 Å². The number of rotatable bonds is 16. The van der Waals surface area contributed by atoms with E-state index in [-0.39, 0.29) is 24.6 Å². The van der Waals surface area contributed by atoms with Gasteiger partial charge in [-0.3, -0.25) is 14.5 Å². The highest BCUT2D eigenvalue weighted by Crippen LogP contribution is 2.31. The maximum atomic E-state index is 14.1. The van der Waals surface area contributed by atoms with Gasteiger partial charge in [-0.1, -0.05) is 54.1 Å². The fraction of sp³-hybridized carbons (Fsp3) is 0.333. The van der Waals surface area contributed by atoms with Gasteiger partial charge in [0.25, 0.3) is 0 Å². The van der Waals surface area contributed by atoms with Crippen LogP contribution in [0.25, 0.3) is 10.9 Å². The fourth-order valence-corrected chi connectivity index (χ4v) is 6.91. The molecule has 1 saturated heterocycles. The summed E-state index contributed by atoms with van der Waals surface area (Å²) < 4.78 is 14.0. The van der Waals surface area contributed by atoms with Crippen molar-refractivity contribution in [2.24, 2.45) is 0 Å². The van der Waals surface area contributed by atoms with Crippen LogP contribution in [0.4, 0.5) is 11.4 Å². The molecule has 1 aromatic heterocycles. The Balaban J connectivity index is 0.00000523. The number of methoxy groups -OCH3 is 1. The van der Waals surface area contributed by atoms with E-state index in [1.165, 1.54) is 16.7 Å². The summed E-state index contributed by atoms with van der Waals surface area (Å²) in [6.07, 6.45) is 3.27. The third-order valence-electron chi connectivity index (χ3n) is 9.71. The van der Waals surface area contributed by atoms with Crippen LogP contribution in [-0.4, -0.2) is 72.8 Å². The molecule has 5 aromatic rings. The SMILES string of the molecule is COc1ccccc1N1CCN(CCCOc2cc(C(=O)c3cn(CCCC(=O)O)c4ccccc34)ccc2NCc2ccc(C)cc2C)CC1.Cl. The molecule has 1 aliphatic rings. The van der Waals surface area contributed by atoms with E-state index in [0.29, 0.717) is 43.0 Å². The summed E-state index contributed by atoms with van der Waals surface area (Å²) in [6.45, 7) is 10.6. The first-order valence-corrected chi connectivity index (χ1v) is 17.8. The molecule has 0 amide bonds. The van der Waals surface area contributed by atoms with Gasteiger partial charge in [-0.2, -0.15) is 0 Å². The van der Waals surface area contributed by atoms with Crippen LogP contribution < -0.4 is 19.7 Å². The van der Waals surface area contributed by atoms with E-state index in [9.17, 15) is 9.59 Å². The summed E-state index contributed by atoms with van der Waals surface area (Å²) in [5, 5.41) is 13.6. The number of para-hydroxylation sites is 3. The van der Waals surface area contributed by atoms with Crippen LogP contribution in [0.2, 0.25) is 0 Å². The Morgan fingerprint density at radius 1 is 0.846 bits per heavy atom. The minimum atomic E-state index is -0.826. The van der Waals surface area contributed by atoms with Crippen LogP contribution in [0, 0.1) is 13.8 Å². The molecule has 0 radical (unpaired) electrons. The molecule has 0 spiro atoms. The van der Waals surface area contributed by atoms with E-state index in [1.54, 1.807) is 7.11 Å². The zero-order valence-corrected chi connectivity index (χ0v) is 31.1. The quantitative estimate of drug-likeness (QED) is 0.0782. The van der Waals surface area contributed by atoms with Gasteiger partial charge in [0.2, 0.25) is 0 Å². The number of benzene rings is 4. The lowest BCUT2D eigenvalue weighted by atomic mass is 10.0. The number of fused-ring (bicyclic) bond motifs is 1. The molecule has 52 heavy (non-hydrogen) atoms. The molecule has 1 fully saturated rings. The molecule has 4 aromatic carbocycles.